The van der Waals surface area contributed by atoms with Crippen LogP contribution >= 0.6 is 0 Å². The fraction of sp³-hybridized carbons (Fsp3) is 0.455. The van der Waals surface area contributed by atoms with Crippen molar-refractivity contribution in [3.05, 3.63) is 48.0 Å². The van der Waals surface area contributed by atoms with Crippen molar-refractivity contribution in [3.8, 4) is 5.75 Å². The number of hydrogen-bond donors (Lipinski definition) is 1. The van der Waals surface area contributed by atoms with Crippen LogP contribution in [-0.4, -0.2) is 45.3 Å². The molecule has 0 saturated heterocycles. The molecule has 1 N–H and O–H groups in total. The number of carbonyl (C=O) groups excluding carboxylic acids is 3. The van der Waals surface area contributed by atoms with Crippen molar-refractivity contribution in [3.63, 3.8) is 0 Å². The van der Waals surface area contributed by atoms with Gasteiger partial charge in [-0.15, -0.1) is 0 Å². The van der Waals surface area contributed by atoms with Crippen molar-refractivity contribution in [1.82, 2.24) is 14.9 Å². The third kappa shape index (κ3) is 8.49. The summed E-state index contributed by atoms with van der Waals surface area (Å²) < 4.78 is 17.3. The molecule has 0 radical (unpaired) electrons. The molecule has 0 atom stereocenters. The lowest BCUT2D eigenvalue weighted by Crippen LogP contribution is -2.35. The lowest BCUT2D eigenvalue weighted by molar-refractivity contribution is 0.0516. The van der Waals surface area contributed by atoms with Crippen LogP contribution in [0.5, 0.6) is 5.75 Å². The standard InChI is InChI=1S/C22H29N3O6/c1-21(2,3)30-19(27)23-11-18(26)15-7-9-17(10-8-15)29-13-16-12-25(14-24-16)20(28)31-22(4,5)6/h7-10,12,14H,11,13H2,1-6H3,(H,23,27). The molecule has 9 nitrogen and oxygen atoms in total. The molecule has 2 aromatic rings. The highest BCUT2D eigenvalue weighted by Gasteiger charge is 2.19. The maximum atomic E-state index is 12.2. The zero-order valence-corrected chi connectivity index (χ0v) is 18.7. The van der Waals surface area contributed by atoms with Crippen LogP contribution in [0.3, 0.4) is 0 Å². The maximum absolute atomic E-state index is 12.2. The van der Waals surface area contributed by atoms with Crippen molar-refractivity contribution < 1.29 is 28.6 Å². The van der Waals surface area contributed by atoms with Gasteiger partial charge in [0.2, 0.25) is 0 Å². The topological polar surface area (TPSA) is 109 Å². The molecule has 1 aromatic carbocycles. The van der Waals surface area contributed by atoms with Gasteiger partial charge in [0.05, 0.1) is 12.2 Å². The Labute approximate surface area is 181 Å². The smallest absolute Gasteiger partial charge is 0.419 e. The highest BCUT2D eigenvalue weighted by Crippen LogP contribution is 2.15. The second-order valence-electron chi connectivity index (χ2n) is 8.84. The number of Topliss-reactive ketones (excluding diaryl/α,β-unsaturated/α-hetero) is 1. The van der Waals surface area contributed by atoms with E-state index < -0.39 is 23.4 Å². The minimum atomic E-state index is -0.647. The summed E-state index contributed by atoms with van der Waals surface area (Å²) in [5.41, 5.74) is -0.251. The number of nitrogens with zero attached hydrogens (tertiary/aromatic N) is 2. The highest BCUT2D eigenvalue weighted by molar-refractivity contribution is 5.98. The van der Waals surface area contributed by atoms with E-state index in [1.807, 2.05) is 0 Å². The van der Waals surface area contributed by atoms with E-state index in [1.165, 1.54) is 17.1 Å². The molecule has 9 heteroatoms. The zero-order valence-electron chi connectivity index (χ0n) is 18.7. The molecule has 168 valence electrons. The molecule has 1 amide bonds. The van der Waals surface area contributed by atoms with Crippen LogP contribution in [0.2, 0.25) is 0 Å². The van der Waals surface area contributed by atoms with Gasteiger partial charge in [0.25, 0.3) is 0 Å². The third-order valence-corrected chi connectivity index (χ3v) is 3.60. The molecule has 0 aliphatic carbocycles. The van der Waals surface area contributed by atoms with Crippen LogP contribution in [0.4, 0.5) is 9.59 Å². The van der Waals surface area contributed by atoms with E-state index in [4.69, 9.17) is 14.2 Å². The summed E-state index contributed by atoms with van der Waals surface area (Å²) in [4.78, 5) is 40.0. The lowest BCUT2D eigenvalue weighted by atomic mass is 10.1. The van der Waals surface area contributed by atoms with Crippen LogP contribution in [-0.2, 0) is 16.1 Å². The van der Waals surface area contributed by atoms with Crippen molar-refractivity contribution in [1.29, 1.82) is 0 Å². The summed E-state index contributed by atoms with van der Waals surface area (Å²) in [7, 11) is 0. The van der Waals surface area contributed by atoms with E-state index in [1.54, 1.807) is 65.8 Å². The second kappa shape index (κ2) is 9.63. The van der Waals surface area contributed by atoms with Gasteiger partial charge in [-0.05, 0) is 65.8 Å². The van der Waals surface area contributed by atoms with Gasteiger partial charge < -0.3 is 19.5 Å². The van der Waals surface area contributed by atoms with E-state index in [2.05, 4.69) is 10.3 Å². The average Bonchev–Trinajstić information content (AvgIpc) is 3.11. The van der Waals surface area contributed by atoms with Crippen LogP contribution in [0.1, 0.15) is 57.6 Å². The molecule has 0 saturated carbocycles. The number of alkyl carbamates (subject to hydrolysis) is 1. The first-order chi connectivity index (χ1) is 14.3. The van der Waals surface area contributed by atoms with Crippen molar-refractivity contribution in [2.75, 3.05) is 6.54 Å². The normalized spacial score (nSPS) is 11.5. The van der Waals surface area contributed by atoms with Crippen molar-refractivity contribution in [2.45, 2.75) is 59.4 Å². The van der Waals surface area contributed by atoms with Gasteiger partial charge in [-0.1, -0.05) is 0 Å². The van der Waals surface area contributed by atoms with E-state index in [-0.39, 0.29) is 18.9 Å². The number of hydrogen-bond acceptors (Lipinski definition) is 7. The van der Waals surface area contributed by atoms with E-state index in [0.29, 0.717) is 17.0 Å². The Bertz CT molecular complexity index is 920. The molecule has 0 aliphatic rings. The Balaban J connectivity index is 1.84. The summed E-state index contributed by atoms with van der Waals surface area (Å²) in [6.07, 6.45) is 1.74. The Hall–Kier alpha value is -3.36. The van der Waals surface area contributed by atoms with E-state index in [0.717, 1.165) is 0 Å². The Morgan fingerprint density at radius 2 is 1.58 bits per heavy atom. The molecule has 0 bridgehead atoms. The van der Waals surface area contributed by atoms with Crippen LogP contribution < -0.4 is 10.1 Å². The number of ketones is 1. The highest BCUT2D eigenvalue weighted by atomic mass is 16.6. The summed E-state index contributed by atoms with van der Waals surface area (Å²) in [5, 5.41) is 2.43. The molecular weight excluding hydrogens is 402 g/mol. The quantitative estimate of drug-likeness (QED) is 0.690. The van der Waals surface area contributed by atoms with Gasteiger partial charge in [0.1, 0.15) is 29.9 Å². The van der Waals surface area contributed by atoms with E-state index >= 15 is 0 Å². The first kappa shape index (κ1) is 23.9. The molecular formula is C22H29N3O6. The number of imidazole rings is 1. The van der Waals surface area contributed by atoms with Gasteiger partial charge in [0.15, 0.2) is 5.78 Å². The molecule has 31 heavy (non-hydrogen) atoms. The fourth-order valence-corrected chi connectivity index (χ4v) is 2.32. The van der Waals surface area contributed by atoms with Crippen LogP contribution in [0.25, 0.3) is 0 Å². The largest absolute Gasteiger partial charge is 0.487 e. The molecule has 1 aromatic heterocycles. The number of amides is 1. The SMILES string of the molecule is CC(C)(C)OC(=O)NCC(=O)c1ccc(OCc2cn(C(=O)OC(C)(C)C)cn2)cc1. The number of rotatable bonds is 6. The van der Waals surface area contributed by atoms with Gasteiger partial charge in [-0.2, -0.15) is 0 Å². The Morgan fingerprint density at radius 3 is 2.16 bits per heavy atom. The Morgan fingerprint density at radius 1 is 0.968 bits per heavy atom. The van der Waals surface area contributed by atoms with E-state index in [9.17, 15) is 14.4 Å². The molecule has 0 unspecified atom stereocenters. The fourth-order valence-electron chi connectivity index (χ4n) is 2.32. The summed E-state index contributed by atoms with van der Waals surface area (Å²) in [6, 6.07) is 6.50. The van der Waals surface area contributed by atoms with Gasteiger partial charge in [-0.3, -0.25) is 4.79 Å². The molecule has 0 fully saturated rings. The first-order valence-electron chi connectivity index (χ1n) is 9.81. The molecule has 0 aliphatic heterocycles. The number of aromatic nitrogens is 2. The Kier molecular flexibility index (Phi) is 7.43. The minimum Gasteiger partial charge on any atom is -0.487 e. The summed E-state index contributed by atoms with van der Waals surface area (Å²) in [5.74, 6) is 0.275. The number of ether oxygens (including phenoxy) is 3. The number of benzene rings is 1. The number of nitrogens with one attached hydrogen (secondary N) is 1. The van der Waals surface area contributed by atoms with Gasteiger partial charge in [0, 0.05) is 11.8 Å². The molecule has 1 heterocycles. The van der Waals surface area contributed by atoms with Gasteiger partial charge >= 0.3 is 12.2 Å². The van der Waals surface area contributed by atoms with Crippen molar-refractivity contribution in [2.24, 2.45) is 0 Å². The average molecular weight is 431 g/mol. The second-order valence-corrected chi connectivity index (χ2v) is 8.84. The zero-order chi connectivity index (χ0) is 23.2. The van der Waals surface area contributed by atoms with Gasteiger partial charge in [-0.25, -0.2) is 19.1 Å². The van der Waals surface area contributed by atoms with Crippen molar-refractivity contribution >= 4 is 18.0 Å². The van der Waals surface area contributed by atoms with Crippen LogP contribution in [0, 0.1) is 0 Å². The maximum Gasteiger partial charge on any atom is 0.419 e. The van der Waals surface area contributed by atoms with Crippen LogP contribution in [0.15, 0.2) is 36.8 Å². The predicted octanol–water partition coefficient (Wildman–Crippen LogP) is 3.95. The first-order valence-corrected chi connectivity index (χ1v) is 9.81. The molecule has 0 spiro atoms. The predicted molar refractivity (Wildman–Crippen MR) is 113 cm³/mol. The minimum absolute atomic E-state index is 0.142. The number of carbonyl (C=O) groups is 3. The monoisotopic (exact) mass is 431 g/mol. The molecule has 2 rings (SSSR count). The summed E-state index contributed by atoms with van der Waals surface area (Å²) in [6.45, 7) is 10.6. The summed E-state index contributed by atoms with van der Waals surface area (Å²) >= 11 is 0. The lowest BCUT2D eigenvalue weighted by Gasteiger charge is -2.19. The third-order valence-electron chi connectivity index (χ3n) is 3.60.